The van der Waals surface area contributed by atoms with Crippen LogP contribution in [0.25, 0.3) is 0 Å². The van der Waals surface area contributed by atoms with Crippen LogP contribution >= 0.6 is 0 Å². The van der Waals surface area contributed by atoms with E-state index in [1.807, 2.05) is 20.8 Å². The quantitative estimate of drug-likeness (QED) is 0.579. The zero-order valence-corrected chi connectivity index (χ0v) is 18.2. The van der Waals surface area contributed by atoms with Crippen LogP contribution in [-0.4, -0.2) is 24.1 Å². The lowest BCUT2D eigenvalue weighted by molar-refractivity contribution is -0.243. The van der Waals surface area contributed by atoms with E-state index in [1.54, 1.807) is 0 Å². The molecule has 0 radical (unpaired) electrons. The molecule has 4 nitrogen and oxygen atoms in total. The molecule has 0 heterocycles. The molecule has 4 bridgehead atoms. The lowest BCUT2D eigenvalue weighted by atomic mass is 9.43. The van der Waals surface area contributed by atoms with Gasteiger partial charge in [0.1, 0.15) is 5.60 Å². The second-order valence-corrected chi connectivity index (χ2v) is 11.3. The van der Waals surface area contributed by atoms with Crippen molar-refractivity contribution in [2.45, 2.75) is 97.5 Å². The van der Waals surface area contributed by atoms with Gasteiger partial charge in [-0.2, -0.15) is 0 Å². The summed E-state index contributed by atoms with van der Waals surface area (Å²) >= 11 is 0. The molecule has 0 saturated heterocycles. The molecule has 0 aromatic carbocycles. The van der Waals surface area contributed by atoms with Crippen molar-refractivity contribution in [1.82, 2.24) is 0 Å². The van der Waals surface area contributed by atoms with E-state index in [-0.39, 0.29) is 24.1 Å². The highest BCUT2D eigenvalue weighted by Crippen LogP contribution is 2.67. The van der Waals surface area contributed by atoms with E-state index in [0.717, 1.165) is 5.92 Å². The largest absolute Gasteiger partial charge is 0.456 e. The molecule has 28 heavy (non-hydrogen) atoms. The van der Waals surface area contributed by atoms with Crippen LogP contribution in [0.3, 0.4) is 0 Å². The number of esters is 2. The Morgan fingerprint density at radius 2 is 1.61 bits per heavy atom. The first kappa shape index (κ1) is 20.2. The van der Waals surface area contributed by atoms with E-state index in [2.05, 4.69) is 6.92 Å². The Morgan fingerprint density at radius 1 is 1.00 bits per heavy atom. The van der Waals surface area contributed by atoms with Gasteiger partial charge in [0.25, 0.3) is 0 Å². The van der Waals surface area contributed by atoms with Gasteiger partial charge in [0.15, 0.2) is 6.61 Å². The lowest BCUT2D eigenvalue weighted by Crippen LogP contribution is -2.65. The minimum absolute atomic E-state index is 0.239. The molecule has 5 aliphatic rings. The molecule has 0 N–H and O–H groups in total. The molecule has 0 amide bonds. The topological polar surface area (TPSA) is 52.6 Å². The van der Waals surface area contributed by atoms with Crippen LogP contribution in [0.4, 0.5) is 0 Å². The highest BCUT2D eigenvalue weighted by atomic mass is 16.6. The maximum Gasteiger partial charge on any atom is 0.344 e. The molecule has 2 unspecified atom stereocenters. The Labute approximate surface area is 170 Å². The van der Waals surface area contributed by atoms with Gasteiger partial charge in [-0.3, -0.25) is 4.79 Å². The smallest absolute Gasteiger partial charge is 0.344 e. The molecule has 0 aromatic heterocycles. The van der Waals surface area contributed by atoms with Crippen molar-refractivity contribution in [1.29, 1.82) is 0 Å². The molecule has 5 saturated carbocycles. The van der Waals surface area contributed by atoms with Crippen molar-refractivity contribution in [3.63, 3.8) is 0 Å². The number of carbonyl (C=O) groups excluding carboxylic acids is 2. The summed E-state index contributed by atoms with van der Waals surface area (Å²) in [7, 11) is 0. The average molecular weight is 391 g/mol. The normalized spacial score (nSPS) is 39.9. The van der Waals surface area contributed by atoms with Crippen molar-refractivity contribution in [2.24, 2.45) is 34.5 Å². The number of hydrogen-bond acceptors (Lipinski definition) is 4. The Balaban J connectivity index is 1.50. The predicted molar refractivity (Wildman–Crippen MR) is 107 cm³/mol. The third kappa shape index (κ3) is 3.29. The number of rotatable bonds is 6. The van der Waals surface area contributed by atoms with Crippen LogP contribution in [0.15, 0.2) is 0 Å². The van der Waals surface area contributed by atoms with E-state index in [4.69, 9.17) is 9.47 Å². The van der Waals surface area contributed by atoms with Gasteiger partial charge in [-0.15, -0.1) is 0 Å². The maximum absolute atomic E-state index is 12.9. The summed E-state index contributed by atoms with van der Waals surface area (Å²) in [4.78, 5) is 25.2. The van der Waals surface area contributed by atoms with Crippen LogP contribution in [0.2, 0.25) is 0 Å². The van der Waals surface area contributed by atoms with Gasteiger partial charge in [-0.1, -0.05) is 26.7 Å². The van der Waals surface area contributed by atoms with Crippen molar-refractivity contribution in [3.05, 3.63) is 0 Å². The summed E-state index contributed by atoms with van der Waals surface area (Å²) in [6.45, 7) is 7.90. The SMILES string of the molecule is CCC(C)(C)C(=O)OCC(=O)OC1(C2CCCC2)C2CC3CC1CC(C)(C3)C2. The predicted octanol–water partition coefficient (Wildman–Crippen LogP) is 5.28. The molecule has 2 atom stereocenters. The molecule has 0 aliphatic heterocycles. The fourth-order valence-electron chi connectivity index (χ4n) is 7.38. The third-order valence-corrected chi connectivity index (χ3v) is 8.81. The van der Waals surface area contributed by atoms with E-state index in [0.29, 0.717) is 29.6 Å². The highest BCUT2D eigenvalue weighted by molar-refractivity contribution is 5.80. The Kier molecular flexibility index (Phi) is 5.07. The molecular weight excluding hydrogens is 352 g/mol. The molecule has 5 fully saturated rings. The van der Waals surface area contributed by atoms with E-state index < -0.39 is 5.41 Å². The summed E-state index contributed by atoms with van der Waals surface area (Å²) in [6.07, 6.45) is 11.8. The van der Waals surface area contributed by atoms with E-state index in [1.165, 1.54) is 57.8 Å². The average Bonchev–Trinajstić information content (AvgIpc) is 3.16. The lowest BCUT2D eigenvalue weighted by Gasteiger charge is -2.65. The standard InChI is InChI=1S/C24H38O4/c1-5-22(2,3)21(26)27-15-20(25)28-24(17-8-6-7-9-17)18-10-16-11-19(24)14-23(4,12-16)13-18/h16-19H,5-15H2,1-4H3. The van der Waals surface area contributed by atoms with E-state index in [9.17, 15) is 9.59 Å². The van der Waals surface area contributed by atoms with Gasteiger partial charge < -0.3 is 9.47 Å². The number of hydrogen-bond donors (Lipinski definition) is 0. The number of carbonyl (C=O) groups is 2. The summed E-state index contributed by atoms with van der Waals surface area (Å²) in [5.41, 5.74) is -0.403. The number of ether oxygens (including phenoxy) is 2. The van der Waals surface area contributed by atoms with Crippen molar-refractivity contribution in [2.75, 3.05) is 6.61 Å². The van der Waals surface area contributed by atoms with Crippen molar-refractivity contribution >= 4 is 11.9 Å². The summed E-state index contributed by atoms with van der Waals surface area (Å²) in [6, 6.07) is 0. The molecule has 158 valence electrons. The fourth-order valence-corrected chi connectivity index (χ4v) is 7.38. The minimum Gasteiger partial charge on any atom is -0.456 e. The maximum atomic E-state index is 12.9. The fraction of sp³-hybridized carbons (Fsp3) is 0.917. The first-order chi connectivity index (χ1) is 13.2. The second kappa shape index (κ2) is 7.02. The van der Waals surface area contributed by atoms with Gasteiger partial charge in [-0.25, -0.2) is 4.79 Å². The molecular formula is C24H38O4. The van der Waals surface area contributed by atoms with Crippen LogP contribution in [-0.2, 0) is 19.1 Å². The first-order valence-corrected chi connectivity index (χ1v) is 11.6. The molecule has 5 aliphatic carbocycles. The van der Waals surface area contributed by atoms with Gasteiger partial charge in [0, 0.05) is 11.8 Å². The first-order valence-electron chi connectivity index (χ1n) is 11.6. The molecule has 0 aromatic rings. The summed E-state index contributed by atoms with van der Waals surface area (Å²) < 4.78 is 11.8. The van der Waals surface area contributed by atoms with Gasteiger partial charge >= 0.3 is 11.9 Å². The molecule has 5 rings (SSSR count). The van der Waals surface area contributed by atoms with Crippen LogP contribution in [0.5, 0.6) is 0 Å². The van der Waals surface area contributed by atoms with E-state index >= 15 is 0 Å². The monoisotopic (exact) mass is 390 g/mol. The minimum atomic E-state index is -0.555. The Morgan fingerprint density at radius 3 is 2.14 bits per heavy atom. The summed E-state index contributed by atoms with van der Waals surface area (Å²) in [5, 5.41) is 0. The molecule has 4 heteroatoms. The van der Waals surface area contributed by atoms with Crippen LogP contribution in [0.1, 0.15) is 91.9 Å². The Hall–Kier alpha value is -1.06. The third-order valence-electron chi connectivity index (χ3n) is 8.81. The molecule has 0 spiro atoms. The summed E-state index contributed by atoms with van der Waals surface area (Å²) in [5.74, 6) is 1.68. The van der Waals surface area contributed by atoms with Crippen molar-refractivity contribution < 1.29 is 19.1 Å². The van der Waals surface area contributed by atoms with Gasteiger partial charge in [0.2, 0.25) is 0 Å². The van der Waals surface area contributed by atoms with Gasteiger partial charge in [-0.05, 0) is 82.5 Å². The highest BCUT2D eigenvalue weighted by Gasteiger charge is 2.65. The zero-order valence-electron chi connectivity index (χ0n) is 18.2. The Bertz CT molecular complexity index is 615. The zero-order chi connectivity index (χ0) is 20.2. The van der Waals surface area contributed by atoms with Crippen molar-refractivity contribution in [3.8, 4) is 0 Å². The van der Waals surface area contributed by atoms with Crippen LogP contribution in [0, 0.1) is 34.5 Å². The second-order valence-electron chi connectivity index (χ2n) is 11.3. The van der Waals surface area contributed by atoms with Crippen LogP contribution < -0.4 is 0 Å². The van der Waals surface area contributed by atoms with Gasteiger partial charge in [0.05, 0.1) is 5.41 Å².